The van der Waals surface area contributed by atoms with Crippen LogP contribution in [0.1, 0.15) is 232 Å². The van der Waals surface area contributed by atoms with Crippen molar-refractivity contribution in [1.29, 1.82) is 0 Å². The molecule has 14 heteroatoms. The Morgan fingerprint density at radius 3 is 1.25 bits per heavy atom. The van der Waals surface area contributed by atoms with Crippen molar-refractivity contribution in [3.8, 4) is 0 Å². The number of phosphoric ester groups is 1. The molecule has 0 heterocycles. The molecule has 1 aliphatic rings. The summed E-state index contributed by atoms with van der Waals surface area (Å²) in [6.45, 7) is 3.31. The Hall–Kier alpha value is -1.67. The maximum absolute atomic E-state index is 12.8. The molecule has 0 aromatic heterocycles. The lowest BCUT2D eigenvalue weighted by molar-refractivity contribution is -0.220. The van der Waals surface area contributed by atoms with Gasteiger partial charge in [0.15, 0.2) is 6.10 Å². The van der Waals surface area contributed by atoms with E-state index in [1.807, 2.05) is 0 Å². The molecule has 1 fully saturated rings. The normalized spacial score (nSPS) is 21.5. The molecule has 1 rings (SSSR count). The minimum atomic E-state index is -5.12. The molecule has 0 radical (unpaired) electrons. The van der Waals surface area contributed by atoms with Gasteiger partial charge >= 0.3 is 19.8 Å². The molecule has 0 bridgehead atoms. The van der Waals surface area contributed by atoms with Crippen LogP contribution in [0.4, 0.5) is 0 Å². The maximum atomic E-state index is 12.8. The number of unbranched alkanes of at least 4 members (excludes halogenated alkanes) is 28. The summed E-state index contributed by atoms with van der Waals surface area (Å²) in [5.74, 6) is -1.09. The van der Waals surface area contributed by atoms with Crippen LogP contribution in [0.15, 0.2) is 24.3 Å². The second-order valence-corrected chi connectivity index (χ2v) is 19.8. The monoisotopic (exact) mass is 947 g/mol. The van der Waals surface area contributed by atoms with Gasteiger partial charge in [-0.1, -0.05) is 199 Å². The zero-order chi connectivity index (χ0) is 47.8. The van der Waals surface area contributed by atoms with Crippen LogP contribution in [0.2, 0.25) is 0 Å². The number of carbonyl (C=O) groups is 2. The van der Waals surface area contributed by atoms with Crippen LogP contribution in [-0.4, -0.2) is 98.3 Å². The molecule has 6 atom stereocenters. The number of hydrogen-bond donors (Lipinski definition) is 6. The first-order valence-electron chi connectivity index (χ1n) is 26.1. The largest absolute Gasteiger partial charge is 0.472 e. The average Bonchev–Trinajstić information content (AvgIpc) is 3.29. The Balaban J connectivity index is 2.36. The van der Waals surface area contributed by atoms with E-state index >= 15 is 0 Å². The van der Waals surface area contributed by atoms with Crippen molar-refractivity contribution < 1.29 is 63.1 Å². The molecule has 0 spiro atoms. The van der Waals surface area contributed by atoms with Crippen molar-refractivity contribution in [2.45, 2.75) is 275 Å². The fourth-order valence-electron chi connectivity index (χ4n) is 8.08. The summed E-state index contributed by atoms with van der Waals surface area (Å²) in [5, 5.41) is 50.2. The van der Waals surface area contributed by atoms with E-state index in [0.29, 0.717) is 12.8 Å². The number of aliphatic hydroxyl groups is 5. The van der Waals surface area contributed by atoms with Gasteiger partial charge in [0.05, 0.1) is 6.61 Å². The lowest BCUT2D eigenvalue weighted by Gasteiger charge is -2.41. The fraction of sp³-hybridized carbons (Fsp3) is 0.882. The fourth-order valence-corrected chi connectivity index (χ4v) is 9.06. The van der Waals surface area contributed by atoms with E-state index < -0.39 is 75.7 Å². The Morgan fingerprint density at radius 2 is 0.831 bits per heavy atom. The second kappa shape index (κ2) is 41.3. The standard InChI is InChI=1S/C51H95O13P/c1-3-5-7-9-11-13-15-17-18-19-20-21-22-23-24-25-26-28-30-32-34-36-38-40-45(53)63-43(42-62-65(59,60)64-51-49(57)47(55)46(54)48(56)50(51)58)41-61-44(52)39-37-35-33-31-29-27-16-14-12-10-8-6-4-2/h15,17,19-20,43,46-51,54-58H,3-14,16,18,21-42H2,1-2H3,(H,59,60)/b17-15-,20-19-. The molecule has 0 aromatic carbocycles. The number of esters is 2. The smallest absolute Gasteiger partial charge is 0.462 e. The van der Waals surface area contributed by atoms with E-state index in [-0.39, 0.29) is 12.8 Å². The summed E-state index contributed by atoms with van der Waals surface area (Å²) in [4.78, 5) is 35.8. The zero-order valence-electron chi connectivity index (χ0n) is 40.8. The third-order valence-electron chi connectivity index (χ3n) is 12.3. The Kier molecular flexibility index (Phi) is 39.0. The second-order valence-electron chi connectivity index (χ2n) is 18.4. The lowest BCUT2D eigenvalue weighted by atomic mass is 9.85. The van der Waals surface area contributed by atoms with Crippen molar-refractivity contribution in [2.75, 3.05) is 13.2 Å². The molecule has 0 aromatic rings. The highest BCUT2D eigenvalue weighted by molar-refractivity contribution is 7.47. The number of ether oxygens (including phenoxy) is 2. The molecule has 65 heavy (non-hydrogen) atoms. The minimum Gasteiger partial charge on any atom is -0.462 e. The molecular formula is C51H95O13P. The average molecular weight is 947 g/mol. The van der Waals surface area contributed by atoms with Crippen molar-refractivity contribution in [3.63, 3.8) is 0 Å². The third-order valence-corrected chi connectivity index (χ3v) is 13.3. The van der Waals surface area contributed by atoms with Crippen LogP contribution in [-0.2, 0) is 32.7 Å². The Morgan fingerprint density at radius 1 is 0.477 bits per heavy atom. The number of carbonyl (C=O) groups excluding carboxylic acids is 2. The molecule has 0 saturated heterocycles. The number of hydrogen-bond acceptors (Lipinski definition) is 12. The van der Waals surface area contributed by atoms with E-state index in [2.05, 4.69) is 38.2 Å². The summed E-state index contributed by atoms with van der Waals surface area (Å²) in [6.07, 6.45) is 33.7. The predicted octanol–water partition coefficient (Wildman–Crippen LogP) is 11.2. The van der Waals surface area contributed by atoms with Crippen molar-refractivity contribution in [1.82, 2.24) is 0 Å². The third kappa shape index (κ3) is 33.5. The van der Waals surface area contributed by atoms with Crippen molar-refractivity contribution in [2.24, 2.45) is 0 Å². The van der Waals surface area contributed by atoms with Gasteiger partial charge in [-0.25, -0.2) is 4.57 Å². The highest BCUT2D eigenvalue weighted by atomic mass is 31.2. The molecule has 6 N–H and O–H groups in total. The molecule has 1 aliphatic carbocycles. The topological polar surface area (TPSA) is 210 Å². The number of aliphatic hydroxyl groups excluding tert-OH is 5. The van der Waals surface area contributed by atoms with E-state index in [0.717, 1.165) is 57.8 Å². The molecule has 0 aliphatic heterocycles. The zero-order valence-corrected chi connectivity index (χ0v) is 41.7. The quantitative estimate of drug-likeness (QED) is 0.0146. The van der Waals surface area contributed by atoms with Crippen LogP contribution in [0.3, 0.4) is 0 Å². The van der Waals surface area contributed by atoms with Gasteiger partial charge < -0.3 is 39.9 Å². The van der Waals surface area contributed by atoms with E-state index in [9.17, 15) is 44.6 Å². The summed E-state index contributed by atoms with van der Waals surface area (Å²) in [7, 11) is -5.12. The van der Waals surface area contributed by atoms with E-state index in [1.165, 1.54) is 135 Å². The molecule has 1 saturated carbocycles. The predicted molar refractivity (Wildman–Crippen MR) is 258 cm³/mol. The first-order valence-corrected chi connectivity index (χ1v) is 27.6. The van der Waals surface area contributed by atoms with Gasteiger partial charge in [-0.15, -0.1) is 0 Å². The van der Waals surface area contributed by atoms with Gasteiger partial charge in [0.2, 0.25) is 0 Å². The van der Waals surface area contributed by atoms with Crippen LogP contribution in [0.5, 0.6) is 0 Å². The number of allylic oxidation sites excluding steroid dienone is 4. The summed E-state index contributed by atoms with van der Waals surface area (Å²) in [5.41, 5.74) is 0. The number of rotatable bonds is 44. The summed E-state index contributed by atoms with van der Waals surface area (Å²) >= 11 is 0. The van der Waals surface area contributed by atoms with Gasteiger partial charge in [-0.3, -0.25) is 18.6 Å². The molecule has 382 valence electrons. The van der Waals surface area contributed by atoms with Crippen molar-refractivity contribution in [3.05, 3.63) is 24.3 Å². The van der Waals surface area contributed by atoms with E-state index in [1.54, 1.807) is 0 Å². The van der Waals surface area contributed by atoms with Gasteiger partial charge in [0.1, 0.15) is 43.2 Å². The Labute approximate surface area is 394 Å². The molecule has 13 nitrogen and oxygen atoms in total. The SMILES string of the molecule is CCCCCCC/C=C\C/C=C\CCCCCCCCCCCCCC(=O)OC(COC(=O)CCCCCCCCCCCCCCC)COP(=O)(O)OC1C(O)C(O)C(O)C(O)C1O. The summed E-state index contributed by atoms with van der Waals surface area (Å²) in [6, 6.07) is 0. The van der Waals surface area contributed by atoms with Gasteiger partial charge in [0, 0.05) is 12.8 Å². The molecule has 0 amide bonds. The van der Waals surface area contributed by atoms with Gasteiger partial charge in [-0.2, -0.15) is 0 Å². The first kappa shape index (κ1) is 61.3. The summed E-state index contributed by atoms with van der Waals surface area (Å²) < 4.78 is 33.6. The first-order chi connectivity index (χ1) is 31.4. The number of phosphoric acid groups is 1. The van der Waals surface area contributed by atoms with Crippen LogP contribution in [0, 0.1) is 0 Å². The Bertz CT molecular complexity index is 1230. The van der Waals surface area contributed by atoms with Crippen LogP contribution >= 0.6 is 7.82 Å². The minimum absolute atomic E-state index is 0.0976. The van der Waals surface area contributed by atoms with Gasteiger partial charge in [-0.05, 0) is 44.9 Å². The maximum Gasteiger partial charge on any atom is 0.472 e. The van der Waals surface area contributed by atoms with Crippen molar-refractivity contribution >= 4 is 19.8 Å². The lowest BCUT2D eigenvalue weighted by Crippen LogP contribution is -2.64. The van der Waals surface area contributed by atoms with Crippen LogP contribution in [0.25, 0.3) is 0 Å². The van der Waals surface area contributed by atoms with E-state index in [4.69, 9.17) is 18.5 Å². The molecule has 6 unspecified atom stereocenters. The molecular weight excluding hydrogens is 852 g/mol. The van der Waals surface area contributed by atoms with Crippen LogP contribution < -0.4 is 0 Å². The van der Waals surface area contributed by atoms with Gasteiger partial charge in [0.25, 0.3) is 0 Å². The highest BCUT2D eigenvalue weighted by Crippen LogP contribution is 2.47. The highest BCUT2D eigenvalue weighted by Gasteiger charge is 2.51.